The smallest absolute Gasteiger partial charge is 0.341 e. The molecule has 1 heterocycles. The summed E-state index contributed by atoms with van der Waals surface area (Å²) >= 11 is 1.04. The molecule has 0 radical (unpaired) electrons. The highest BCUT2D eigenvalue weighted by Crippen LogP contribution is 2.37. The fraction of sp³-hybridized carbons (Fsp3) is 0.150. The van der Waals surface area contributed by atoms with Crippen molar-refractivity contribution in [1.82, 2.24) is 0 Å². The largest absolute Gasteiger partial charge is 0.462 e. The van der Waals surface area contributed by atoms with Crippen molar-refractivity contribution in [3.05, 3.63) is 75.2 Å². The third-order valence-electron chi connectivity index (χ3n) is 4.20. The third-order valence-corrected chi connectivity index (χ3v) is 6.57. The molecule has 3 aromatic rings. The first-order valence-electron chi connectivity index (χ1n) is 8.86. The summed E-state index contributed by atoms with van der Waals surface area (Å²) in [5, 5.41) is 12.7. The van der Waals surface area contributed by atoms with E-state index in [-0.39, 0.29) is 27.8 Å². The van der Waals surface area contributed by atoms with Crippen LogP contribution in [0.4, 0.5) is 10.7 Å². The van der Waals surface area contributed by atoms with Gasteiger partial charge in [0, 0.05) is 23.1 Å². The number of esters is 1. The van der Waals surface area contributed by atoms with Gasteiger partial charge < -0.3 is 4.74 Å². The van der Waals surface area contributed by atoms with Crippen LogP contribution in [-0.4, -0.2) is 25.9 Å². The summed E-state index contributed by atoms with van der Waals surface area (Å²) in [5.41, 5.74) is 2.06. The van der Waals surface area contributed by atoms with Crippen LogP contribution >= 0.6 is 11.3 Å². The van der Waals surface area contributed by atoms with Crippen molar-refractivity contribution in [3.63, 3.8) is 0 Å². The van der Waals surface area contributed by atoms with Gasteiger partial charge in [-0.3, -0.25) is 14.8 Å². The van der Waals surface area contributed by atoms with Gasteiger partial charge in [0.1, 0.15) is 10.6 Å². The van der Waals surface area contributed by atoms with Gasteiger partial charge in [0.15, 0.2) is 0 Å². The lowest BCUT2D eigenvalue weighted by Gasteiger charge is -2.10. The van der Waals surface area contributed by atoms with Gasteiger partial charge in [-0.2, -0.15) is 0 Å². The summed E-state index contributed by atoms with van der Waals surface area (Å²) in [6.45, 7) is 3.71. The topological polar surface area (TPSA) is 116 Å². The number of carbonyl (C=O) groups is 1. The van der Waals surface area contributed by atoms with Crippen LogP contribution < -0.4 is 4.72 Å². The molecule has 0 unspecified atom stereocenters. The second-order valence-electron chi connectivity index (χ2n) is 6.30. The van der Waals surface area contributed by atoms with E-state index < -0.39 is 20.9 Å². The highest BCUT2D eigenvalue weighted by molar-refractivity contribution is 7.93. The number of benzene rings is 2. The average molecular weight is 447 g/mol. The number of hydrogen-bond acceptors (Lipinski definition) is 7. The molecule has 1 N–H and O–H groups in total. The molecular weight excluding hydrogens is 428 g/mol. The minimum atomic E-state index is -4.17. The predicted octanol–water partition coefficient (Wildman–Crippen LogP) is 4.61. The normalized spacial score (nSPS) is 11.1. The Morgan fingerprint density at radius 3 is 2.53 bits per heavy atom. The van der Waals surface area contributed by atoms with Crippen LogP contribution in [0.15, 0.2) is 58.8 Å². The van der Waals surface area contributed by atoms with Gasteiger partial charge in [-0.25, -0.2) is 13.2 Å². The Morgan fingerprint density at radius 1 is 1.20 bits per heavy atom. The molecule has 0 atom stereocenters. The maximum absolute atomic E-state index is 12.8. The zero-order valence-corrected chi connectivity index (χ0v) is 17.7. The fourth-order valence-corrected chi connectivity index (χ4v) is 5.05. The van der Waals surface area contributed by atoms with Crippen LogP contribution in [0.1, 0.15) is 22.8 Å². The number of nitro groups is 1. The number of nitro benzene ring substituents is 1. The van der Waals surface area contributed by atoms with Crippen molar-refractivity contribution in [1.29, 1.82) is 0 Å². The fourth-order valence-electron chi connectivity index (χ4n) is 2.73. The molecule has 0 fully saturated rings. The van der Waals surface area contributed by atoms with Crippen LogP contribution in [0.5, 0.6) is 0 Å². The number of carbonyl (C=O) groups excluding carboxylic acids is 1. The molecule has 0 spiro atoms. The number of ether oxygens (including phenoxy) is 1. The van der Waals surface area contributed by atoms with Crippen LogP contribution in [0.3, 0.4) is 0 Å². The lowest BCUT2D eigenvalue weighted by molar-refractivity contribution is -0.385. The molecular formula is C20H18N2O6S2. The van der Waals surface area contributed by atoms with Crippen LogP contribution in [0.25, 0.3) is 11.1 Å². The van der Waals surface area contributed by atoms with E-state index in [9.17, 15) is 23.3 Å². The lowest BCUT2D eigenvalue weighted by Crippen LogP contribution is -2.15. The first-order valence-corrected chi connectivity index (χ1v) is 11.2. The molecule has 3 rings (SSSR count). The molecule has 0 saturated carbocycles. The average Bonchev–Trinajstić information content (AvgIpc) is 3.11. The highest BCUT2D eigenvalue weighted by atomic mass is 32.2. The number of sulfonamides is 1. The van der Waals surface area contributed by atoms with Gasteiger partial charge in [-0.1, -0.05) is 35.9 Å². The Balaban J connectivity index is 2.05. The summed E-state index contributed by atoms with van der Waals surface area (Å²) < 4.78 is 33.1. The number of anilines is 1. The Morgan fingerprint density at radius 2 is 1.90 bits per heavy atom. The van der Waals surface area contributed by atoms with E-state index in [1.807, 2.05) is 31.2 Å². The number of aryl methyl sites for hydroxylation is 1. The lowest BCUT2D eigenvalue weighted by atomic mass is 10.0. The molecule has 0 aliphatic heterocycles. The van der Waals surface area contributed by atoms with Gasteiger partial charge in [0.05, 0.1) is 16.4 Å². The van der Waals surface area contributed by atoms with E-state index in [1.54, 1.807) is 12.3 Å². The van der Waals surface area contributed by atoms with Crippen LogP contribution in [-0.2, 0) is 14.8 Å². The zero-order chi connectivity index (χ0) is 21.9. The number of nitrogens with one attached hydrogen (secondary N) is 1. The number of non-ortho nitro benzene ring substituents is 1. The molecule has 1 aromatic heterocycles. The summed E-state index contributed by atoms with van der Waals surface area (Å²) in [4.78, 5) is 22.6. The minimum absolute atomic E-state index is 0.0792. The Hall–Kier alpha value is -3.24. The predicted molar refractivity (Wildman–Crippen MR) is 114 cm³/mol. The molecule has 0 saturated heterocycles. The monoisotopic (exact) mass is 446 g/mol. The molecule has 8 nitrogen and oxygen atoms in total. The Bertz CT molecular complexity index is 1200. The van der Waals surface area contributed by atoms with Crippen molar-refractivity contribution in [2.45, 2.75) is 18.7 Å². The van der Waals surface area contributed by atoms with Crippen LogP contribution in [0.2, 0.25) is 0 Å². The zero-order valence-electron chi connectivity index (χ0n) is 16.1. The van der Waals surface area contributed by atoms with Crippen molar-refractivity contribution >= 4 is 38.0 Å². The minimum Gasteiger partial charge on any atom is -0.462 e. The third kappa shape index (κ3) is 4.50. The van der Waals surface area contributed by atoms with Crippen molar-refractivity contribution in [2.75, 3.05) is 11.3 Å². The molecule has 30 heavy (non-hydrogen) atoms. The van der Waals surface area contributed by atoms with Gasteiger partial charge in [0.25, 0.3) is 15.7 Å². The molecule has 0 aliphatic rings. The van der Waals surface area contributed by atoms with E-state index in [0.717, 1.165) is 28.5 Å². The van der Waals surface area contributed by atoms with E-state index in [2.05, 4.69) is 4.72 Å². The van der Waals surface area contributed by atoms with E-state index in [4.69, 9.17) is 4.74 Å². The number of hydrogen-bond donors (Lipinski definition) is 1. The summed E-state index contributed by atoms with van der Waals surface area (Å²) in [6, 6.07) is 12.1. The second kappa shape index (κ2) is 8.64. The molecule has 156 valence electrons. The molecule has 2 aromatic carbocycles. The van der Waals surface area contributed by atoms with E-state index >= 15 is 0 Å². The number of rotatable bonds is 7. The van der Waals surface area contributed by atoms with Gasteiger partial charge >= 0.3 is 5.97 Å². The SMILES string of the molecule is CCOC(=O)c1c(-c2ccc(C)cc2)csc1NS(=O)(=O)c1cccc([N+](=O)[O-])c1. The molecule has 10 heteroatoms. The van der Waals surface area contributed by atoms with Crippen LogP contribution in [0, 0.1) is 17.0 Å². The maximum Gasteiger partial charge on any atom is 0.341 e. The number of thiophene rings is 1. The Kier molecular flexibility index (Phi) is 6.18. The van der Waals surface area contributed by atoms with Crippen molar-refractivity contribution in [3.8, 4) is 11.1 Å². The number of nitrogens with zero attached hydrogens (tertiary/aromatic N) is 1. The van der Waals surface area contributed by atoms with Gasteiger partial charge in [-0.05, 0) is 25.5 Å². The Labute approximate surface area is 177 Å². The quantitative estimate of drug-likeness (QED) is 0.322. The first kappa shape index (κ1) is 21.5. The summed E-state index contributed by atoms with van der Waals surface area (Å²) in [5.74, 6) is -0.661. The van der Waals surface area contributed by atoms with Gasteiger partial charge in [-0.15, -0.1) is 11.3 Å². The summed E-state index contributed by atoms with van der Waals surface area (Å²) in [7, 11) is -4.17. The van der Waals surface area contributed by atoms with Crippen molar-refractivity contribution < 1.29 is 22.9 Å². The standard InChI is InChI=1S/C20H18N2O6S2/c1-3-28-20(23)18-17(14-9-7-13(2)8-10-14)12-29-19(18)21-30(26,27)16-6-4-5-15(11-16)22(24)25/h4-12,21H,3H2,1-2H3. The molecule has 0 aliphatic carbocycles. The molecule has 0 bridgehead atoms. The van der Waals surface area contributed by atoms with Crippen molar-refractivity contribution in [2.24, 2.45) is 0 Å². The van der Waals surface area contributed by atoms with E-state index in [1.165, 1.54) is 18.2 Å². The van der Waals surface area contributed by atoms with E-state index in [0.29, 0.717) is 5.56 Å². The highest BCUT2D eigenvalue weighted by Gasteiger charge is 2.26. The summed E-state index contributed by atoms with van der Waals surface area (Å²) in [6.07, 6.45) is 0. The maximum atomic E-state index is 12.8. The van der Waals surface area contributed by atoms with Gasteiger partial charge in [0.2, 0.25) is 0 Å². The first-order chi connectivity index (χ1) is 14.2. The molecule has 0 amide bonds. The second-order valence-corrected chi connectivity index (χ2v) is 8.86.